The summed E-state index contributed by atoms with van der Waals surface area (Å²) < 4.78 is 18.6. The summed E-state index contributed by atoms with van der Waals surface area (Å²) in [6.45, 7) is -0.211. The largest absolute Gasteiger partial charge is 0.493 e. The van der Waals surface area contributed by atoms with Gasteiger partial charge in [0.1, 0.15) is 0 Å². The molecule has 1 aromatic carbocycles. The van der Waals surface area contributed by atoms with Gasteiger partial charge in [-0.25, -0.2) is 4.39 Å². The Morgan fingerprint density at radius 1 is 1.58 bits per heavy atom. The number of benzene rings is 1. The molecular formula is C8H8FIO2. The van der Waals surface area contributed by atoms with E-state index in [2.05, 4.69) is 0 Å². The lowest BCUT2D eigenvalue weighted by Gasteiger charge is -2.07. The predicted octanol–water partition coefficient (Wildman–Crippen LogP) is 1.93. The maximum Gasteiger partial charge on any atom is 0.166 e. The highest BCUT2D eigenvalue weighted by molar-refractivity contribution is 14.1. The van der Waals surface area contributed by atoms with Crippen LogP contribution in [0.1, 0.15) is 5.56 Å². The van der Waals surface area contributed by atoms with Crippen molar-refractivity contribution < 1.29 is 14.2 Å². The van der Waals surface area contributed by atoms with Gasteiger partial charge in [-0.05, 0) is 34.7 Å². The summed E-state index contributed by atoms with van der Waals surface area (Å²) in [5, 5.41) is 8.85. The lowest BCUT2D eigenvalue weighted by atomic mass is 10.2. The van der Waals surface area contributed by atoms with E-state index in [0.29, 0.717) is 5.56 Å². The summed E-state index contributed by atoms with van der Waals surface area (Å²) in [7, 11) is 1.38. The number of aliphatic hydroxyl groups excluding tert-OH is 1. The van der Waals surface area contributed by atoms with Crippen LogP contribution < -0.4 is 4.74 Å². The molecular weight excluding hydrogens is 274 g/mol. The first-order valence-electron chi connectivity index (χ1n) is 3.31. The fourth-order valence-corrected chi connectivity index (χ4v) is 1.61. The minimum absolute atomic E-state index is 0.123. The first-order valence-corrected chi connectivity index (χ1v) is 4.39. The van der Waals surface area contributed by atoms with E-state index in [-0.39, 0.29) is 12.4 Å². The fourth-order valence-electron chi connectivity index (χ4n) is 0.960. The summed E-state index contributed by atoms with van der Waals surface area (Å²) in [5.41, 5.74) is 0.474. The minimum atomic E-state index is -0.437. The smallest absolute Gasteiger partial charge is 0.166 e. The van der Waals surface area contributed by atoms with Crippen LogP contribution in [-0.2, 0) is 6.61 Å². The second-order valence-corrected chi connectivity index (χ2v) is 3.48. The Hall–Kier alpha value is -0.360. The van der Waals surface area contributed by atoms with Crippen molar-refractivity contribution in [1.29, 1.82) is 0 Å². The highest BCUT2D eigenvalue weighted by Gasteiger charge is 2.09. The number of hydrogen-bond donors (Lipinski definition) is 1. The number of methoxy groups -OCH3 is 1. The Labute approximate surface area is 83.5 Å². The second-order valence-electron chi connectivity index (χ2n) is 2.24. The molecule has 0 spiro atoms. The quantitative estimate of drug-likeness (QED) is 0.840. The maximum atomic E-state index is 13.1. The molecule has 0 heterocycles. The van der Waals surface area contributed by atoms with Gasteiger partial charge in [0.05, 0.1) is 13.7 Å². The molecule has 0 saturated carbocycles. The van der Waals surface area contributed by atoms with Crippen LogP contribution in [0, 0.1) is 9.39 Å². The van der Waals surface area contributed by atoms with E-state index in [1.807, 2.05) is 22.6 Å². The summed E-state index contributed by atoms with van der Waals surface area (Å²) in [6.07, 6.45) is 0. The van der Waals surface area contributed by atoms with Gasteiger partial charge in [-0.2, -0.15) is 0 Å². The molecule has 0 fully saturated rings. The van der Waals surface area contributed by atoms with E-state index in [0.717, 1.165) is 3.57 Å². The molecule has 0 radical (unpaired) electrons. The van der Waals surface area contributed by atoms with Gasteiger partial charge in [0.2, 0.25) is 0 Å². The van der Waals surface area contributed by atoms with Crippen molar-refractivity contribution in [3.05, 3.63) is 27.1 Å². The minimum Gasteiger partial charge on any atom is -0.493 e. The van der Waals surface area contributed by atoms with Gasteiger partial charge in [-0.3, -0.25) is 0 Å². The Balaban J connectivity index is 3.24. The van der Waals surface area contributed by atoms with Crippen molar-refractivity contribution in [2.24, 2.45) is 0 Å². The number of halogens is 2. The van der Waals surface area contributed by atoms with Gasteiger partial charge in [-0.1, -0.05) is 0 Å². The van der Waals surface area contributed by atoms with Crippen molar-refractivity contribution in [3.63, 3.8) is 0 Å². The molecule has 12 heavy (non-hydrogen) atoms. The summed E-state index contributed by atoms with van der Waals surface area (Å²) in [5.74, 6) is -0.314. The van der Waals surface area contributed by atoms with E-state index >= 15 is 0 Å². The van der Waals surface area contributed by atoms with Gasteiger partial charge in [0, 0.05) is 9.13 Å². The zero-order valence-electron chi connectivity index (χ0n) is 6.47. The third-order valence-corrected chi connectivity index (χ3v) is 2.08. The fraction of sp³-hybridized carbons (Fsp3) is 0.250. The van der Waals surface area contributed by atoms with Crippen LogP contribution in [0.15, 0.2) is 12.1 Å². The van der Waals surface area contributed by atoms with E-state index in [4.69, 9.17) is 9.84 Å². The number of hydrogen-bond acceptors (Lipinski definition) is 2. The molecule has 2 nitrogen and oxygen atoms in total. The molecule has 4 heteroatoms. The van der Waals surface area contributed by atoms with Crippen LogP contribution in [0.5, 0.6) is 5.75 Å². The molecule has 0 amide bonds. The Morgan fingerprint density at radius 3 is 2.75 bits per heavy atom. The van der Waals surface area contributed by atoms with Crippen LogP contribution in [0.25, 0.3) is 0 Å². The molecule has 1 N–H and O–H groups in total. The molecule has 0 saturated heterocycles. The van der Waals surface area contributed by atoms with E-state index in [1.165, 1.54) is 13.2 Å². The standard InChI is InChI=1S/C8H8FIO2/c1-12-8-5(4-11)2-6(10)3-7(8)9/h2-3,11H,4H2,1H3. The van der Waals surface area contributed by atoms with Crippen LogP contribution in [0.2, 0.25) is 0 Å². The summed E-state index contributed by atoms with van der Waals surface area (Å²) in [4.78, 5) is 0. The number of aliphatic hydroxyl groups is 1. The second kappa shape index (κ2) is 4.04. The van der Waals surface area contributed by atoms with Gasteiger partial charge in [-0.15, -0.1) is 0 Å². The number of rotatable bonds is 2. The highest BCUT2D eigenvalue weighted by atomic mass is 127. The van der Waals surface area contributed by atoms with Gasteiger partial charge < -0.3 is 9.84 Å². The van der Waals surface area contributed by atoms with Crippen molar-refractivity contribution in [2.75, 3.05) is 7.11 Å². The Kier molecular flexibility index (Phi) is 3.28. The third kappa shape index (κ3) is 1.87. The molecule has 0 aromatic heterocycles. The molecule has 1 rings (SSSR count). The van der Waals surface area contributed by atoms with Crippen LogP contribution >= 0.6 is 22.6 Å². The monoisotopic (exact) mass is 282 g/mol. The first-order chi connectivity index (χ1) is 5.69. The lowest BCUT2D eigenvalue weighted by molar-refractivity contribution is 0.270. The third-order valence-electron chi connectivity index (χ3n) is 1.46. The predicted molar refractivity (Wildman–Crippen MR) is 51.6 cm³/mol. The Bertz CT molecular complexity index is 289. The molecule has 0 aliphatic carbocycles. The van der Waals surface area contributed by atoms with Gasteiger partial charge in [0.25, 0.3) is 0 Å². The molecule has 0 unspecified atom stereocenters. The normalized spacial score (nSPS) is 10.0. The molecule has 0 aliphatic heterocycles. The van der Waals surface area contributed by atoms with Crippen LogP contribution in [0.3, 0.4) is 0 Å². The molecule has 0 bridgehead atoms. The Morgan fingerprint density at radius 2 is 2.25 bits per heavy atom. The van der Waals surface area contributed by atoms with Crippen molar-refractivity contribution in [1.82, 2.24) is 0 Å². The zero-order chi connectivity index (χ0) is 9.14. The molecule has 1 aromatic rings. The molecule has 0 aliphatic rings. The average Bonchev–Trinajstić information content (AvgIpc) is 2.03. The number of ether oxygens (including phenoxy) is 1. The van der Waals surface area contributed by atoms with Crippen LogP contribution in [0.4, 0.5) is 4.39 Å². The summed E-state index contributed by atoms with van der Waals surface area (Å²) >= 11 is 1.98. The van der Waals surface area contributed by atoms with E-state index in [1.54, 1.807) is 6.07 Å². The van der Waals surface area contributed by atoms with Crippen molar-refractivity contribution in [3.8, 4) is 5.75 Å². The topological polar surface area (TPSA) is 29.5 Å². The van der Waals surface area contributed by atoms with Crippen molar-refractivity contribution >= 4 is 22.6 Å². The van der Waals surface area contributed by atoms with Crippen molar-refractivity contribution in [2.45, 2.75) is 6.61 Å². The summed E-state index contributed by atoms with van der Waals surface area (Å²) in [6, 6.07) is 3.04. The van der Waals surface area contributed by atoms with Gasteiger partial charge >= 0.3 is 0 Å². The highest BCUT2D eigenvalue weighted by Crippen LogP contribution is 2.24. The molecule has 0 atom stereocenters. The van der Waals surface area contributed by atoms with Gasteiger partial charge in [0.15, 0.2) is 11.6 Å². The maximum absolute atomic E-state index is 13.1. The lowest BCUT2D eigenvalue weighted by Crippen LogP contribution is -1.96. The van der Waals surface area contributed by atoms with Crippen LogP contribution in [-0.4, -0.2) is 12.2 Å². The van der Waals surface area contributed by atoms with E-state index in [9.17, 15) is 4.39 Å². The first kappa shape index (κ1) is 9.73. The van der Waals surface area contributed by atoms with E-state index < -0.39 is 5.82 Å². The molecule has 66 valence electrons. The SMILES string of the molecule is COc1c(F)cc(I)cc1CO. The zero-order valence-corrected chi connectivity index (χ0v) is 8.63. The average molecular weight is 282 g/mol.